The Morgan fingerprint density at radius 1 is 1.67 bits per heavy atom. The summed E-state index contributed by atoms with van der Waals surface area (Å²) in [4.78, 5) is 1.21. The van der Waals surface area contributed by atoms with Crippen molar-refractivity contribution in [3.63, 3.8) is 0 Å². The van der Waals surface area contributed by atoms with Gasteiger partial charge in [-0.1, -0.05) is 17.7 Å². The molecule has 0 unspecified atom stereocenters. The second kappa shape index (κ2) is 3.04. The molecule has 9 heavy (non-hydrogen) atoms. The number of halogens is 1. The van der Waals surface area contributed by atoms with Crippen molar-refractivity contribution in [2.24, 2.45) is 0 Å². The van der Waals surface area contributed by atoms with Crippen LogP contribution in [0, 0.1) is 0 Å². The van der Waals surface area contributed by atoms with Gasteiger partial charge in [0.05, 0.1) is 5.02 Å². The minimum absolute atomic E-state index is 0.827. The average Bonchev–Trinajstić information content (AvgIpc) is 2.17. The van der Waals surface area contributed by atoms with Crippen LogP contribution in [0.15, 0.2) is 17.5 Å². The molecule has 0 aliphatic rings. The highest BCUT2D eigenvalue weighted by atomic mass is 35.5. The summed E-state index contributed by atoms with van der Waals surface area (Å²) < 4.78 is 0. The maximum absolute atomic E-state index is 5.67. The normalized spacial score (nSPS) is 10.9. The minimum atomic E-state index is 0.827. The lowest BCUT2D eigenvalue weighted by Gasteiger charge is -1.75. The van der Waals surface area contributed by atoms with Gasteiger partial charge in [-0.05, 0) is 19.1 Å². The predicted octanol–water partition coefficient (Wildman–Crippen LogP) is 3.43. The van der Waals surface area contributed by atoms with E-state index in [1.165, 1.54) is 4.88 Å². The third kappa shape index (κ3) is 1.84. The summed E-state index contributed by atoms with van der Waals surface area (Å²) >= 11 is 7.33. The van der Waals surface area contributed by atoms with E-state index in [2.05, 4.69) is 0 Å². The van der Waals surface area contributed by atoms with Crippen LogP contribution in [0.1, 0.15) is 11.8 Å². The predicted molar refractivity (Wildman–Crippen MR) is 44.0 cm³/mol. The summed E-state index contributed by atoms with van der Waals surface area (Å²) in [5.41, 5.74) is 0. The van der Waals surface area contributed by atoms with E-state index in [0.717, 1.165) is 5.02 Å². The highest BCUT2D eigenvalue weighted by Gasteiger charge is 1.89. The minimum Gasteiger partial charge on any atom is -0.143 e. The highest BCUT2D eigenvalue weighted by Crippen LogP contribution is 2.19. The summed E-state index contributed by atoms with van der Waals surface area (Å²) in [6.07, 6.45) is 4.04. The van der Waals surface area contributed by atoms with E-state index in [9.17, 15) is 0 Å². The van der Waals surface area contributed by atoms with Crippen LogP contribution in [0.4, 0.5) is 0 Å². The maximum atomic E-state index is 5.67. The first-order chi connectivity index (χ1) is 4.33. The van der Waals surface area contributed by atoms with Gasteiger partial charge in [-0.2, -0.15) is 0 Å². The molecule has 1 heterocycles. The monoisotopic (exact) mass is 158 g/mol. The van der Waals surface area contributed by atoms with E-state index in [1.807, 2.05) is 30.5 Å². The van der Waals surface area contributed by atoms with Crippen LogP contribution in [0.2, 0.25) is 5.02 Å². The van der Waals surface area contributed by atoms with Crippen LogP contribution in [0.5, 0.6) is 0 Å². The molecule has 0 fully saturated rings. The van der Waals surface area contributed by atoms with Gasteiger partial charge < -0.3 is 0 Å². The summed E-state index contributed by atoms with van der Waals surface area (Å²) in [5.74, 6) is 0. The van der Waals surface area contributed by atoms with Crippen LogP contribution >= 0.6 is 22.9 Å². The average molecular weight is 159 g/mol. The first-order valence-electron chi connectivity index (χ1n) is 2.69. The van der Waals surface area contributed by atoms with Gasteiger partial charge in [0.25, 0.3) is 0 Å². The highest BCUT2D eigenvalue weighted by molar-refractivity contribution is 7.11. The molecule has 0 aromatic carbocycles. The van der Waals surface area contributed by atoms with Gasteiger partial charge in [0.1, 0.15) is 0 Å². The molecule has 0 saturated carbocycles. The molecule has 48 valence electrons. The van der Waals surface area contributed by atoms with E-state index >= 15 is 0 Å². The van der Waals surface area contributed by atoms with Crippen LogP contribution < -0.4 is 0 Å². The first kappa shape index (κ1) is 6.84. The van der Waals surface area contributed by atoms with Crippen molar-refractivity contribution in [1.29, 1.82) is 0 Å². The summed E-state index contributed by atoms with van der Waals surface area (Å²) in [6, 6.07) is 1.95. The van der Waals surface area contributed by atoms with Gasteiger partial charge >= 0.3 is 0 Å². The van der Waals surface area contributed by atoms with E-state index in [-0.39, 0.29) is 0 Å². The number of hydrogen-bond donors (Lipinski definition) is 0. The molecular formula is C7H7ClS. The van der Waals surface area contributed by atoms with Crippen LogP contribution in [0.25, 0.3) is 6.08 Å². The van der Waals surface area contributed by atoms with Crippen molar-refractivity contribution < 1.29 is 0 Å². The van der Waals surface area contributed by atoms with Gasteiger partial charge in [0, 0.05) is 10.3 Å². The van der Waals surface area contributed by atoms with Gasteiger partial charge in [-0.15, -0.1) is 11.3 Å². The van der Waals surface area contributed by atoms with E-state index < -0.39 is 0 Å². The van der Waals surface area contributed by atoms with E-state index in [0.29, 0.717) is 0 Å². The Kier molecular flexibility index (Phi) is 2.31. The molecule has 0 aliphatic heterocycles. The van der Waals surface area contributed by atoms with Crippen molar-refractivity contribution in [3.05, 3.63) is 27.4 Å². The fraction of sp³-hybridized carbons (Fsp3) is 0.143. The lowest BCUT2D eigenvalue weighted by molar-refractivity contribution is 1.78. The second-order valence-electron chi connectivity index (χ2n) is 1.67. The van der Waals surface area contributed by atoms with Crippen molar-refractivity contribution in [2.45, 2.75) is 6.92 Å². The Morgan fingerprint density at radius 2 is 2.44 bits per heavy atom. The summed E-state index contributed by atoms with van der Waals surface area (Å²) in [6.45, 7) is 1.99. The molecule has 0 amide bonds. The third-order valence-electron chi connectivity index (χ3n) is 0.919. The molecule has 2 heteroatoms. The lowest BCUT2D eigenvalue weighted by atomic mass is 10.4. The fourth-order valence-electron chi connectivity index (χ4n) is 0.580. The summed E-state index contributed by atoms with van der Waals surface area (Å²) in [7, 11) is 0. The van der Waals surface area contributed by atoms with Crippen molar-refractivity contribution in [3.8, 4) is 0 Å². The SMILES string of the molecule is C/C=C/c1cc(Cl)cs1. The Bertz CT molecular complexity index is 212. The molecule has 0 radical (unpaired) electrons. The quantitative estimate of drug-likeness (QED) is 0.588. The number of hydrogen-bond acceptors (Lipinski definition) is 1. The van der Waals surface area contributed by atoms with Crippen LogP contribution in [0.3, 0.4) is 0 Å². The third-order valence-corrected chi connectivity index (χ3v) is 2.16. The Morgan fingerprint density at radius 3 is 2.89 bits per heavy atom. The van der Waals surface area contributed by atoms with Gasteiger partial charge in [-0.25, -0.2) is 0 Å². The van der Waals surface area contributed by atoms with Crippen molar-refractivity contribution in [1.82, 2.24) is 0 Å². The topological polar surface area (TPSA) is 0 Å². The number of allylic oxidation sites excluding steroid dienone is 1. The van der Waals surface area contributed by atoms with Crippen molar-refractivity contribution in [2.75, 3.05) is 0 Å². The fourth-order valence-corrected chi connectivity index (χ4v) is 1.62. The molecule has 0 bridgehead atoms. The molecular weight excluding hydrogens is 152 g/mol. The first-order valence-corrected chi connectivity index (χ1v) is 3.95. The Labute approximate surface area is 63.8 Å². The molecule has 1 aromatic heterocycles. The number of rotatable bonds is 1. The van der Waals surface area contributed by atoms with Crippen LogP contribution in [-0.4, -0.2) is 0 Å². The molecule has 0 aliphatic carbocycles. The molecule has 1 aromatic rings. The van der Waals surface area contributed by atoms with Crippen LogP contribution in [-0.2, 0) is 0 Å². The standard InChI is InChI=1S/C7H7ClS/c1-2-3-7-4-6(8)5-9-7/h2-5H,1H3/b3-2+. The zero-order chi connectivity index (χ0) is 6.69. The van der Waals surface area contributed by atoms with Gasteiger partial charge in [0.2, 0.25) is 0 Å². The van der Waals surface area contributed by atoms with Crippen molar-refractivity contribution >= 4 is 29.0 Å². The zero-order valence-corrected chi connectivity index (χ0v) is 6.67. The maximum Gasteiger partial charge on any atom is 0.0519 e. The molecule has 0 saturated heterocycles. The molecule has 1 rings (SSSR count). The Hall–Kier alpha value is -0.270. The smallest absolute Gasteiger partial charge is 0.0519 e. The Balaban J connectivity index is 2.85. The van der Waals surface area contributed by atoms with E-state index in [4.69, 9.17) is 11.6 Å². The largest absolute Gasteiger partial charge is 0.143 e. The lowest BCUT2D eigenvalue weighted by Crippen LogP contribution is -1.51. The molecule has 0 spiro atoms. The molecule has 0 atom stereocenters. The van der Waals surface area contributed by atoms with Gasteiger partial charge in [0.15, 0.2) is 0 Å². The molecule has 0 N–H and O–H groups in total. The number of thiophene rings is 1. The molecule has 0 nitrogen and oxygen atoms in total. The second-order valence-corrected chi connectivity index (χ2v) is 3.05. The van der Waals surface area contributed by atoms with Gasteiger partial charge in [-0.3, -0.25) is 0 Å². The van der Waals surface area contributed by atoms with E-state index in [1.54, 1.807) is 11.3 Å². The summed E-state index contributed by atoms with van der Waals surface area (Å²) in [5, 5.41) is 2.75. The zero-order valence-electron chi connectivity index (χ0n) is 5.10.